The van der Waals surface area contributed by atoms with Gasteiger partial charge in [-0.05, 0) is 32.4 Å². The monoisotopic (exact) mass is 315 g/mol. The fourth-order valence-electron chi connectivity index (χ4n) is 2.54. The van der Waals surface area contributed by atoms with Gasteiger partial charge in [0.15, 0.2) is 0 Å². The molecule has 22 heavy (non-hydrogen) atoms. The van der Waals surface area contributed by atoms with E-state index in [9.17, 15) is 4.79 Å². The lowest BCUT2D eigenvalue weighted by Crippen LogP contribution is -2.14. The van der Waals surface area contributed by atoms with E-state index in [1.54, 1.807) is 11.7 Å². The summed E-state index contributed by atoms with van der Waals surface area (Å²) in [6.07, 6.45) is 0. The molecule has 0 bridgehead atoms. The average molecular weight is 315 g/mol. The zero-order valence-corrected chi connectivity index (χ0v) is 13.7. The van der Waals surface area contributed by atoms with Gasteiger partial charge in [-0.2, -0.15) is 5.10 Å². The third-order valence-corrected chi connectivity index (χ3v) is 4.57. The number of nitrogen functional groups attached to an aromatic ring is 1. The highest BCUT2D eigenvalue weighted by molar-refractivity contribution is 7.21. The van der Waals surface area contributed by atoms with Gasteiger partial charge in [0.05, 0.1) is 11.4 Å². The van der Waals surface area contributed by atoms with E-state index in [1.807, 2.05) is 32.9 Å². The number of carbonyl (C=O) groups is 1. The van der Waals surface area contributed by atoms with Crippen molar-refractivity contribution in [2.45, 2.75) is 20.8 Å². The Bertz CT molecular complexity index is 893. The summed E-state index contributed by atoms with van der Waals surface area (Å²) in [6, 6.07) is 3.78. The third-order valence-electron chi connectivity index (χ3n) is 3.47. The highest BCUT2D eigenvalue weighted by atomic mass is 32.1. The number of hydrogen-bond donors (Lipinski definition) is 2. The fraction of sp³-hybridized carbons (Fsp3) is 0.267. The number of anilines is 2. The molecule has 0 aliphatic rings. The zero-order chi connectivity index (χ0) is 16.0. The van der Waals surface area contributed by atoms with Gasteiger partial charge in [-0.1, -0.05) is 0 Å². The van der Waals surface area contributed by atoms with Crippen LogP contribution in [-0.4, -0.2) is 20.7 Å². The van der Waals surface area contributed by atoms with Crippen molar-refractivity contribution in [2.24, 2.45) is 7.05 Å². The molecule has 0 aromatic carbocycles. The summed E-state index contributed by atoms with van der Waals surface area (Å²) in [5, 5.41) is 7.92. The fourth-order valence-corrected chi connectivity index (χ4v) is 3.65. The van der Waals surface area contributed by atoms with Crippen molar-refractivity contribution in [1.82, 2.24) is 14.8 Å². The SMILES string of the molecule is Cc1cc(C)c2c(N)c(C(=O)Nc3cc(C)nn3C)sc2n1. The summed E-state index contributed by atoms with van der Waals surface area (Å²) in [4.78, 5) is 18.3. The van der Waals surface area contributed by atoms with Crippen molar-refractivity contribution >= 4 is 39.0 Å². The summed E-state index contributed by atoms with van der Waals surface area (Å²) in [5.74, 6) is 0.403. The predicted molar refractivity (Wildman–Crippen MR) is 89.4 cm³/mol. The number of thiophene rings is 1. The Balaban J connectivity index is 2.03. The summed E-state index contributed by atoms with van der Waals surface area (Å²) < 4.78 is 1.63. The van der Waals surface area contributed by atoms with Crippen LogP contribution in [0, 0.1) is 20.8 Å². The van der Waals surface area contributed by atoms with Crippen LogP contribution in [0.3, 0.4) is 0 Å². The zero-order valence-electron chi connectivity index (χ0n) is 12.9. The van der Waals surface area contributed by atoms with Crippen LogP contribution < -0.4 is 11.1 Å². The molecule has 6 nitrogen and oxygen atoms in total. The number of pyridine rings is 1. The van der Waals surface area contributed by atoms with Crippen molar-refractivity contribution in [2.75, 3.05) is 11.1 Å². The number of hydrogen-bond acceptors (Lipinski definition) is 5. The maximum atomic E-state index is 12.5. The molecule has 3 heterocycles. The summed E-state index contributed by atoms with van der Waals surface area (Å²) in [7, 11) is 1.78. The van der Waals surface area contributed by atoms with E-state index in [4.69, 9.17) is 5.73 Å². The number of nitrogens with two attached hydrogens (primary N) is 1. The Morgan fingerprint density at radius 3 is 2.64 bits per heavy atom. The first-order valence-electron chi connectivity index (χ1n) is 6.85. The Morgan fingerprint density at radius 2 is 2.00 bits per heavy atom. The molecule has 1 amide bonds. The Labute approximate surface area is 132 Å². The molecule has 3 rings (SSSR count). The first-order chi connectivity index (χ1) is 10.4. The molecule has 0 spiro atoms. The molecule has 0 atom stereocenters. The van der Waals surface area contributed by atoms with Gasteiger partial charge >= 0.3 is 0 Å². The lowest BCUT2D eigenvalue weighted by atomic mass is 10.1. The van der Waals surface area contributed by atoms with Crippen molar-refractivity contribution < 1.29 is 4.79 Å². The summed E-state index contributed by atoms with van der Waals surface area (Å²) in [5.41, 5.74) is 9.46. The van der Waals surface area contributed by atoms with E-state index >= 15 is 0 Å². The number of nitrogens with zero attached hydrogens (tertiary/aromatic N) is 3. The molecular formula is C15H17N5OS. The van der Waals surface area contributed by atoms with Gasteiger partial charge in [0.25, 0.3) is 5.91 Å². The Kier molecular flexibility index (Phi) is 3.37. The van der Waals surface area contributed by atoms with Gasteiger partial charge in [0.2, 0.25) is 0 Å². The minimum absolute atomic E-state index is 0.236. The molecule has 0 fully saturated rings. The molecule has 0 saturated carbocycles. The van der Waals surface area contributed by atoms with E-state index in [-0.39, 0.29) is 5.91 Å². The van der Waals surface area contributed by atoms with Crippen LogP contribution >= 0.6 is 11.3 Å². The molecule has 0 unspecified atom stereocenters. The molecule has 0 radical (unpaired) electrons. The van der Waals surface area contributed by atoms with Gasteiger partial charge in [-0.3, -0.25) is 9.48 Å². The first kappa shape index (κ1) is 14.5. The van der Waals surface area contributed by atoms with Crippen molar-refractivity contribution in [1.29, 1.82) is 0 Å². The summed E-state index contributed by atoms with van der Waals surface area (Å²) in [6.45, 7) is 5.78. The largest absolute Gasteiger partial charge is 0.397 e. The third kappa shape index (κ3) is 2.33. The molecule has 3 N–H and O–H groups in total. The van der Waals surface area contributed by atoms with Gasteiger partial charge in [0.1, 0.15) is 15.5 Å². The maximum Gasteiger partial charge on any atom is 0.269 e. The maximum absolute atomic E-state index is 12.5. The van der Waals surface area contributed by atoms with Crippen LogP contribution in [0.15, 0.2) is 12.1 Å². The van der Waals surface area contributed by atoms with Gasteiger partial charge in [0, 0.05) is 24.2 Å². The smallest absolute Gasteiger partial charge is 0.269 e. The number of rotatable bonds is 2. The normalized spacial score (nSPS) is 11.1. The van der Waals surface area contributed by atoms with Crippen molar-refractivity contribution in [3.05, 3.63) is 34.0 Å². The van der Waals surface area contributed by atoms with E-state index in [0.29, 0.717) is 16.4 Å². The minimum atomic E-state index is -0.236. The average Bonchev–Trinajstić information content (AvgIpc) is 2.90. The Hall–Kier alpha value is -2.41. The highest BCUT2D eigenvalue weighted by Gasteiger charge is 2.20. The van der Waals surface area contributed by atoms with E-state index in [2.05, 4.69) is 15.4 Å². The lowest BCUT2D eigenvalue weighted by molar-refractivity contribution is 0.103. The second kappa shape index (κ2) is 5.10. The number of aromatic nitrogens is 3. The van der Waals surface area contributed by atoms with Gasteiger partial charge < -0.3 is 11.1 Å². The van der Waals surface area contributed by atoms with E-state index in [1.165, 1.54) is 11.3 Å². The van der Waals surface area contributed by atoms with Crippen molar-refractivity contribution in [3.63, 3.8) is 0 Å². The van der Waals surface area contributed by atoms with Gasteiger partial charge in [-0.15, -0.1) is 11.3 Å². The van der Waals surface area contributed by atoms with E-state index < -0.39 is 0 Å². The number of nitrogens with one attached hydrogen (secondary N) is 1. The van der Waals surface area contributed by atoms with Crippen LogP contribution in [0.2, 0.25) is 0 Å². The van der Waals surface area contributed by atoms with Crippen LogP contribution in [0.25, 0.3) is 10.2 Å². The van der Waals surface area contributed by atoms with Crippen LogP contribution in [0.5, 0.6) is 0 Å². The molecular weight excluding hydrogens is 298 g/mol. The molecule has 7 heteroatoms. The summed E-state index contributed by atoms with van der Waals surface area (Å²) >= 11 is 1.31. The van der Waals surface area contributed by atoms with Crippen LogP contribution in [0.1, 0.15) is 26.6 Å². The highest BCUT2D eigenvalue weighted by Crippen LogP contribution is 2.35. The predicted octanol–water partition coefficient (Wildman–Crippen LogP) is 2.79. The quantitative estimate of drug-likeness (QED) is 0.761. The lowest BCUT2D eigenvalue weighted by Gasteiger charge is -2.04. The second-order valence-corrected chi connectivity index (χ2v) is 6.35. The molecule has 0 saturated heterocycles. The van der Waals surface area contributed by atoms with E-state index in [0.717, 1.165) is 27.2 Å². The molecule has 3 aromatic rings. The standard InChI is InChI=1S/C15H17N5OS/c1-7-5-8(2)17-15-11(7)12(16)13(22-15)14(21)18-10-6-9(3)19-20(10)4/h5-6H,16H2,1-4H3,(H,18,21). The van der Waals surface area contributed by atoms with Crippen LogP contribution in [-0.2, 0) is 7.05 Å². The molecule has 114 valence electrons. The minimum Gasteiger partial charge on any atom is -0.397 e. The van der Waals surface area contributed by atoms with Gasteiger partial charge in [-0.25, -0.2) is 4.98 Å². The molecule has 3 aromatic heterocycles. The molecule has 0 aliphatic heterocycles. The molecule has 0 aliphatic carbocycles. The first-order valence-corrected chi connectivity index (χ1v) is 7.66. The topological polar surface area (TPSA) is 85.8 Å². The second-order valence-electron chi connectivity index (χ2n) is 5.35. The van der Waals surface area contributed by atoms with Crippen LogP contribution in [0.4, 0.5) is 11.5 Å². The number of carbonyl (C=O) groups excluding carboxylic acids is 1. The number of aryl methyl sites for hydroxylation is 4. The number of amides is 1. The number of fused-ring (bicyclic) bond motifs is 1. The Morgan fingerprint density at radius 1 is 1.27 bits per heavy atom. The van der Waals surface area contributed by atoms with Crippen molar-refractivity contribution in [3.8, 4) is 0 Å².